The van der Waals surface area contributed by atoms with Crippen molar-refractivity contribution in [2.75, 3.05) is 13.1 Å². The van der Waals surface area contributed by atoms with Crippen LogP contribution in [0.5, 0.6) is 0 Å². The van der Waals surface area contributed by atoms with Crippen molar-refractivity contribution >= 4 is 11.9 Å². The Kier molecular flexibility index (Phi) is 4.44. The van der Waals surface area contributed by atoms with E-state index in [1.165, 1.54) is 32.1 Å². The highest BCUT2D eigenvalue weighted by Gasteiger charge is 2.50. The number of nitrogens with one attached hydrogen (secondary N) is 2. The third kappa shape index (κ3) is 3.02. The zero-order valence-corrected chi connectivity index (χ0v) is 14.8. The van der Waals surface area contributed by atoms with Gasteiger partial charge in [-0.15, -0.1) is 0 Å². The lowest BCUT2D eigenvalue weighted by molar-refractivity contribution is -0.131. The van der Waals surface area contributed by atoms with E-state index in [0.29, 0.717) is 12.5 Å². The molecular formula is C19H31N3O2. The first-order chi connectivity index (χ1) is 11.6. The molecule has 1 saturated heterocycles. The summed E-state index contributed by atoms with van der Waals surface area (Å²) in [4.78, 5) is 26.1. The first kappa shape index (κ1) is 16.2. The largest absolute Gasteiger partial charge is 0.343 e. The molecule has 3 aliphatic carbocycles. The van der Waals surface area contributed by atoms with Crippen molar-refractivity contribution in [3.8, 4) is 0 Å². The zero-order valence-electron chi connectivity index (χ0n) is 14.8. The summed E-state index contributed by atoms with van der Waals surface area (Å²) in [5.41, 5.74) is 0. The molecule has 24 heavy (non-hydrogen) atoms. The maximum atomic E-state index is 12.5. The van der Waals surface area contributed by atoms with Gasteiger partial charge in [0.05, 0.1) is 0 Å². The molecule has 0 aromatic rings. The zero-order chi connectivity index (χ0) is 16.7. The number of nitrogens with zero attached hydrogens (tertiary/aromatic N) is 1. The highest BCUT2D eigenvalue weighted by molar-refractivity contribution is 5.76. The van der Waals surface area contributed by atoms with Crippen LogP contribution < -0.4 is 10.6 Å². The van der Waals surface area contributed by atoms with Gasteiger partial charge in [0.1, 0.15) is 0 Å². The van der Waals surface area contributed by atoms with Crippen molar-refractivity contribution in [1.82, 2.24) is 15.5 Å². The van der Waals surface area contributed by atoms with E-state index in [1.54, 1.807) is 0 Å². The van der Waals surface area contributed by atoms with Gasteiger partial charge in [0.2, 0.25) is 5.91 Å². The molecule has 134 valence electrons. The quantitative estimate of drug-likeness (QED) is 0.834. The summed E-state index contributed by atoms with van der Waals surface area (Å²) < 4.78 is 0. The third-order valence-corrected chi connectivity index (χ3v) is 7.23. The molecule has 5 heteroatoms. The molecule has 5 nitrogen and oxygen atoms in total. The SMILES string of the molecule is CCC(=O)N1CCC(NC(=O)NC2CC3CC4CC3CCC42)CC1. The van der Waals surface area contributed by atoms with Crippen molar-refractivity contribution < 1.29 is 9.59 Å². The summed E-state index contributed by atoms with van der Waals surface area (Å²) in [6.07, 6.45) is 9.05. The Balaban J connectivity index is 1.25. The van der Waals surface area contributed by atoms with Crippen LogP contribution in [0.1, 0.15) is 58.3 Å². The molecule has 0 aromatic heterocycles. The Morgan fingerprint density at radius 1 is 0.917 bits per heavy atom. The maximum Gasteiger partial charge on any atom is 0.315 e. The molecule has 0 aromatic carbocycles. The van der Waals surface area contributed by atoms with Crippen molar-refractivity contribution in [2.24, 2.45) is 23.7 Å². The smallest absolute Gasteiger partial charge is 0.315 e. The first-order valence-electron chi connectivity index (χ1n) is 9.98. The minimum Gasteiger partial charge on any atom is -0.343 e. The van der Waals surface area contributed by atoms with Crippen LogP contribution in [-0.2, 0) is 4.79 Å². The van der Waals surface area contributed by atoms with E-state index in [0.717, 1.165) is 49.6 Å². The minimum atomic E-state index is 0.0185. The van der Waals surface area contributed by atoms with E-state index in [-0.39, 0.29) is 18.0 Å². The van der Waals surface area contributed by atoms with Gasteiger partial charge in [-0.25, -0.2) is 4.79 Å². The summed E-state index contributed by atoms with van der Waals surface area (Å²) >= 11 is 0. The fraction of sp³-hybridized carbons (Fsp3) is 0.895. The number of hydrogen-bond donors (Lipinski definition) is 2. The lowest BCUT2D eigenvalue weighted by Crippen LogP contribution is -2.53. The second-order valence-electron chi connectivity index (χ2n) is 8.46. The predicted octanol–water partition coefficient (Wildman–Crippen LogP) is 2.51. The van der Waals surface area contributed by atoms with Gasteiger partial charge in [-0.2, -0.15) is 0 Å². The van der Waals surface area contributed by atoms with Crippen molar-refractivity contribution in [3.05, 3.63) is 0 Å². The number of urea groups is 1. The van der Waals surface area contributed by atoms with E-state index in [9.17, 15) is 9.59 Å². The molecule has 4 aliphatic rings. The first-order valence-corrected chi connectivity index (χ1v) is 9.98. The molecule has 5 unspecified atom stereocenters. The molecule has 4 fully saturated rings. The average molecular weight is 333 g/mol. The number of likely N-dealkylation sites (tertiary alicyclic amines) is 1. The molecule has 1 aliphatic heterocycles. The van der Waals surface area contributed by atoms with E-state index in [2.05, 4.69) is 10.6 Å². The number of carbonyl (C=O) groups excluding carboxylic acids is 2. The molecule has 2 N–H and O–H groups in total. The number of rotatable bonds is 3. The second-order valence-corrected chi connectivity index (χ2v) is 8.46. The van der Waals surface area contributed by atoms with E-state index < -0.39 is 0 Å². The molecule has 1 heterocycles. The van der Waals surface area contributed by atoms with Crippen LogP contribution >= 0.6 is 0 Å². The van der Waals surface area contributed by atoms with Gasteiger partial charge in [0.25, 0.3) is 0 Å². The summed E-state index contributed by atoms with van der Waals surface area (Å²) in [5.74, 6) is 3.63. The van der Waals surface area contributed by atoms with Gasteiger partial charge >= 0.3 is 6.03 Å². The number of carbonyl (C=O) groups is 2. The molecule has 3 saturated carbocycles. The number of amides is 3. The van der Waals surface area contributed by atoms with Gasteiger partial charge in [-0.1, -0.05) is 6.92 Å². The monoisotopic (exact) mass is 333 g/mol. The Morgan fingerprint density at radius 3 is 2.42 bits per heavy atom. The molecule has 3 amide bonds. The van der Waals surface area contributed by atoms with Crippen molar-refractivity contribution in [2.45, 2.75) is 70.4 Å². The maximum absolute atomic E-state index is 12.5. The van der Waals surface area contributed by atoms with Gasteiger partial charge in [-0.3, -0.25) is 4.79 Å². The Hall–Kier alpha value is -1.26. The average Bonchev–Trinajstić information content (AvgIpc) is 2.73. The Morgan fingerprint density at radius 2 is 1.67 bits per heavy atom. The Labute approximate surface area is 144 Å². The lowest BCUT2D eigenvalue weighted by atomic mass is 9.75. The summed E-state index contributed by atoms with van der Waals surface area (Å²) in [7, 11) is 0. The van der Waals surface area contributed by atoms with Crippen LogP contribution in [0.25, 0.3) is 0 Å². The topological polar surface area (TPSA) is 61.4 Å². The summed E-state index contributed by atoms with van der Waals surface area (Å²) in [6.45, 7) is 3.45. The van der Waals surface area contributed by atoms with E-state index in [4.69, 9.17) is 0 Å². The van der Waals surface area contributed by atoms with E-state index >= 15 is 0 Å². The fourth-order valence-electron chi connectivity index (χ4n) is 5.98. The van der Waals surface area contributed by atoms with Crippen LogP contribution in [0.3, 0.4) is 0 Å². The minimum absolute atomic E-state index is 0.0185. The summed E-state index contributed by atoms with van der Waals surface area (Å²) in [6, 6.07) is 0.621. The highest BCUT2D eigenvalue weighted by Crippen LogP contribution is 2.56. The van der Waals surface area contributed by atoms with Crippen LogP contribution in [-0.4, -0.2) is 42.0 Å². The predicted molar refractivity (Wildman–Crippen MR) is 92.4 cm³/mol. The number of hydrogen-bond acceptors (Lipinski definition) is 2. The lowest BCUT2D eigenvalue weighted by Gasteiger charge is -2.37. The van der Waals surface area contributed by atoms with Crippen LogP contribution in [0.15, 0.2) is 0 Å². The molecule has 0 spiro atoms. The Bertz CT molecular complexity index is 499. The highest BCUT2D eigenvalue weighted by atomic mass is 16.2. The summed E-state index contributed by atoms with van der Waals surface area (Å²) in [5, 5.41) is 6.47. The van der Waals surface area contributed by atoms with Gasteiger partial charge < -0.3 is 15.5 Å². The van der Waals surface area contributed by atoms with Gasteiger partial charge in [0, 0.05) is 31.6 Å². The van der Waals surface area contributed by atoms with Crippen LogP contribution in [0.2, 0.25) is 0 Å². The third-order valence-electron chi connectivity index (χ3n) is 7.23. The fourth-order valence-corrected chi connectivity index (χ4v) is 5.98. The molecule has 4 rings (SSSR count). The van der Waals surface area contributed by atoms with Gasteiger partial charge in [-0.05, 0) is 68.6 Å². The van der Waals surface area contributed by atoms with Gasteiger partial charge in [0.15, 0.2) is 0 Å². The molecular weight excluding hydrogens is 302 g/mol. The standard InChI is InChI=1S/C19H31N3O2/c1-2-18(23)22-7-5-15(6-8-22)20-19(24)21-17-11-13-10-14-9-12(13)3-4-16(14)17/h12-17H,2-11H2,1H3,(H2,20,21,24). The molecule has 0 radical (unpaired) electrons. The second kappa shape index (κ2) is 6.57. The van der Waals surface area contributed by atoms with Crippen LogP contribution in [0.4, 0.5) is 4.79 Å². The number of fused-ring (bicyclic) bond motifs is 3. The molecule has 5 atom stereocenters. The van der Waals surface area contributed by atoms with E-state index in [1.807, 2.05) is 11.8 Å². The van der Waals surface area contributed by atoms with Crippen molar-refractivity contribution in [1.29, 1.82) is 0 Å². The van der Waals surface area contributed by atoms with Crippen LogP contribution in [0, 0.1) is 23.7 Å². The number of piperidine rings is 1. The van der Waals surface area contributed by atoms with Crippen molar-refractivity contribution in [3.63, 3.8) is 0 Å². The molecule has 3 bridgehead atoms. The normalized spacial score (nSPS) is 38.2.